The van der Waals surface area contributed by atoms with Crippen LogP contribution in [0, 0.1) is 0 Å². The molecule has 0 unspecified atom stereocenters. The molecule has 0 atom stereocenters. The van der Waals surface area contributed by atoms with Gasteiger partial charge in [0.2, 0.25) is 10.1 Å². The van der Waals surface area contributed by atoms with Crippen LogP contribution in [0.2, 0.25) is 5.02 Å². The van der Waals surface area contributed by atoms with Crippen LogP contribution in [0.15, 0.2) is 48.5 Å². The third-order valence-corrected chi connectivity index (χ3v) is 4.61. The topological polar surface area (TPSA) is 64.1 Å². The van der Waals surface area contributed by atoms with Crippen molar-refractivity contribution >= 4 is 34.0 Å². The zero-order chi connectivity index (χ0) is 19.4. The summed E-state index contributed by atoms with van der Waals surface area (Å²) < 4.78 is 43.4. The van der Waals surface area contributed by atoms with Gasteiger partial charge in [0.25, 0.3) is 5.91 Å². The van der Waals surface area contributed by atoms with Crippen LogP contribution < -0.4 is 10.1 Å². The van der Waals surface area contributed by atoms with Crippen molar-refractivity contribution in [2.75, 3.05) is 5.32 Å². The van der Waals surface area contributed by atoms with Gasteiger partial charge in [-0.05, 0) is 18.2 Å². The van der Waals surface area contributed by atoms with Crippen LogP contribution in [0.4, 0.5) is 18.3 Å². The number of alkyl halides is 3. The zero-order valence-corrected chi connectivity index (χ0v) is 15.0. The number of carbonyl (C=O) groups excluding carboxylic acids is 1. The van der Waals surface area contributed by atoms with Gasteiger partial charge in [0.1, 0.15) is 12.4 Å². The van der Waals surface area contributed by atoms with E-state index in [1.165, 1.54) is 6.07 Å². The van der Waals surface area contributed by atoms with Gasteiger partial charge in [-0.15, -0.1) is 10.2 Å². The van der Waals surface area contributed by atoms with Gasteiger partial charge in [-0.3, -0.25) is 10.1 Å². The van der Waals surface area contributed by atoms with Gasteiger partial charge in [0, 0.05) is 10.6 Å². The Kier molecular flexibility index (Phi) is 5.62. The van der Waals surface area contributed by atoms with Crippen LogP contribution in [0.3, 0.4) is 0 Å². The Bertz CT molecular complexity index is 962. The number of amides is 1. The summed E-state index contributed by atoms with van der Waals surface area (Å²) in [6, 6.07) is 13.4. The van der Waals surface area contributed by atoms with E-state index in [0.717, 1.165) is 5.56 Å². The number of hydrogen-bond acceptors (Lipinski definition) is 5. The van der Waals surface area contributed by atoms with Gasteiger partial charge >= 0.3 is 6.18 Å². The molecule has 0 aliphatic rings. The maximum atomic E-state index is 12.6. The predicted molar refractivity (Wildman–Crippen MR) is 95.1 cm³/mol. The molecule has 3 rings (SSSR count). The first-order valence-corrected chi connectivity index (χ1v) is 8.71. The zero-order valence-electron chi connectivity index (χ0n) is 13.5. The smallest absolute Gasteiger partial charge is 0.445 e. The van der Waals surface area contributed by atoms with Crippen LogP contribution in [0.25, 0.3) is 0 Å². The number of aromatic nitrogens is 2. The van der Waals surface area contributed by atoms with Crippen LogP contribution in [-0.2, 0) is 12.8 Å². The fourth-order valence-corrected chi connectivity index (χ4v) is 2.90. The lowest BCUT2D eigenvalue weighted by Crippen LogP contribution is -2.13. The molecule has 0 fully saturated rings. The van der Waals surface area contributed by atoms with Crippen molar-refractivity contribution in [1.82, 2.24) is 10.2 Å². The van der Waals surface area contributed by atoms with Gasteiger partial charge in [-0.1, -0.05) is 53.3 Å². The number of rotatable bonds is 5. The summed E-state index contributed by atoms with van der Waals surface area (Å²) in [7, 11) is 0. The number of ether oxygens (including phenoxy) is 1. The number of hydrogen-bond donors (Lipinski definition) is 1. The lowest BCUT2D eigenvalue weighted by Gasteiger charge is -2.11. The Morgan fingerprint density at radius 1 is 1.11 bits per heavy atom. The quantitative estimate of drug-likeness (QED) is 0.636. The summed E-state index contributed by atoms with van der Waals surface area (Å²) in [5.74, 6) is -0.398. The Balaban J connectivity index is 1.74. The minimum atomic E-state index is -4.61. The van der Waals surface area contributed by atoms with Crippen LogP contribution in [0.1, 0.15) is 20.9 Å². The predicted octanol–water partition coefficient (Wildman–Crippen LogP) is 5.04. The van der Waals surface area contributed by atoms with Gasteiger partial charge in [-0.25, -0.2) is 0 Å². The van der Waals surface area contributed by atoms with Gasteiger partial charge in [-0.2, -0.15) is 13.2 Å². The van der Waals surface area contributed by atoms with Crippen LogP contribution in [0.5, 0.6) is 5.75 Å². The number of benzene rings is 2. The molecule has 1 amide bonds. The van der Waals surface area contributed by atoms with Crippen molar-refractivity contribution in [1.29, 1.82) is 0 Å². The summed E-state index contributed by atoms with van der Waals surface area (Å²) >= 11 is 6.32. The molecule has 0 bridgehead atoms. The highest BCUT2D eigenvalue weighted by molar-refractivity contribution is 7.15. The number of nitrogens with zero attached hydrogens (tertiary/aromatic N) is 2. The summed E-state index contributed by atoms with van der Waals surface area (Å²) in [5.41, 5.74) is 0.877. The molecule has 0 saturated heterocycles. The molecule has 27 heavy (non-hydrogen) atoms. The summed E-state index contributed by atoms with van der Waals surface area (Å²) in [4.78, 5) is 12.4. The van der Waals surface area contributed by atoms with Crippen molar-refractivity contribution in [2.24, 2.45) is 0 Å². The highest BCUT2D eigenvalue weighted by Crippen LogP contribution is 2.33. The third-order valence-electron chi connectivity index (χ3n) is 3.36. The minimum absolute atomic E-state index is 0.126. The van der Waals surface area contributed by atoms with E-state index in [1.54, 1.807) is 42.5 Å². The third kappa shape index (κ3) is 4.75. The first-order valence-electron chi connectivity index (χ1n) is 7.52. The monoisotopic (exact) mass is 413 g/mol. The molecule has 0 radical (unpaired) electrons. The fraction of sp³-hybridized carbons (Fsp3) is 0.118. The summed E-state index contributed by atoms with van der Waals surface area (Å²) in [6.45, 7) is 0.126. The van der Waals surface area contributed by atoms with Crippen molar-refractivity contribution in [3.8, 4) is 5.75 Å². The van der Waals surface area contributed by atoms with E-state index in [9.17, 15) is 18.0 Å². The molecule has 1 N–H and O–H groups in total. The second kappa shape index (κ2) is 7.93. The SMILES string of the molecule is O=C(Nc1nnc(C(F)(F)F)s1)c1ccccc1OCc1ccccc1Cl. The van der Waals surface area contributed by atoms with E-state index >= 15 is 0 Å². The van der Waals surface area contributed by atoms with E-state index in [2.05, 4.69) is 15.5 Å². The molecule has 0 saturated carbocycles. The maximum Gasteiger partial charge on any atom is 0.445 e. The van der Waals surface area contributed by atoms with E-state index in [0.29, 0.717) is 5.02 Å². The van der Waals surface area contributed by atoms with Crippen molar-refractivity contribution in [3.63, 3.8) is 0 Å². The molecule has 0 aliphatic carbocycles. The lowest BCUT2D eigenvalue weighted by molar-refractivity contribution is -0.138. The van der Waals surface area contributed by atoms with Gasteiger partial charge in [0.05, 0.1) is 5.56 Å². The molecule has 1 heterocycles. The average molecular weight is 414 g/mol. The molecule has 10 heteroatoms. The second-order valence-corrected chi connectivity index (χ2v) is 6.63. The Morgan fingerprint density at radius 2 is 1.81 bits per heavy atom. The van der Waals surface area contributed by atoms with Crippen molar-refractivity contribution < 1.29 is 22.7 Å². The van der Waals surface area contributed by atoms with Crippen molar-refractivity contribution in [2.45, 2.75) is 12.8 Å². The molecule has 0 spiro atoms. The number of nitrogens with one attached hydrogen (secondary N) is 1. The molecule has 0 aliphatic heterocycles. The van der Waals surface area contributed by atoms with Gasteiger partial charge < -0.3 is 4.74 Å². The van der Waals surface area contributed by atoms with Crippen molar-refractivity contribution in [3.05, 3.63) is 69.7 Å². The Morgan fingerprint density at radius 3 is 2.52 bits per heavy atom. The lowest BCUT2D eigenvalue weighted by atomic mass is 10.2. The minimum Gasteiger partial charge on any atom is -0.488 e. The summed E-state index contributed by atoms with van der Waals surface area (Å²) in [6.07, 6.45) is -4.61. The standard InChI is InChI=1S/C17H11ClF3N3O2S/c18-12-7-3-1-5-10(12)9-26-13-8-4-2-6-11(13)14(25)22-16-24-23-15(27-16)17(19,20)21/h1-8H,9H2,(H,22,24,25). The Hall–Kier alpha value is -2.65. The number of halogens is 4. The number of para-hydroxylation sites is 1. The van der Waals surface area contributed by atoms with E-state index in [1.807, 2.05) is 0 Å². The highest BCUT2D eigenvalue weighted by atomic mass is 35.5. The molecule has 2 aromatic carbocycles. The first-order chi connectivity index (χ1) is 12.8. The number of anilines is 1. The first kappa shape index (κ1) is 19.1. The summed E-state index contributed by atoms with van der Waals surface area (Å²) in [5, 5.41) is 7.79. The normalized spacial score (nSPS) is 11.3. The maximum absolute atomic E-state index is 12.6. The van der Waals surface area contributed by atoms with E-state index < -0.39 is 17.1 Å². The molecule has 5 nitrogen and oxygen atoms in total. The molecule has 140 valence electrons. The second-order valence-electron chi connectivity index (χ2n) is 5.24. The fourth-order valence-electron chi connectivity index (χ4n) is 2.10. The average Bonchev–Trinajstić information content (AvgIpc) is 3.10. The number of carbonyl (C=O) groups is 1. The van der Waals surface area contributed by atoms with E-state index in [4.69, 9.17) is 16.3 Å². The molecule has 3 aromatic rings. The largest absolute Gasteiger partial charge is 0.488 e. The highest BCUT2D eigenvalue weighted by Gasteiger charge is 2.35. The van der Waals surface area contributed by atoms with E-state index in [-0.39, 0.29) is 34.4 Å². The Labute approximate surface area is 160 Å². The molecular formula is C17H11ClF3N3O2S. The molecular weight excluding hydrogens is 403 g/mol. The van der Waals surface area contributed by atoms with Crippen LogP contribution >= 0.6 is 22.9 Å². The molecule has 1 aromatic heterocycles. The van der Waals surface area contributed by atoms with Crippen LogP contribution in [-0.4, -0.2) is 16.1 Å². The van der Waals surface area contributed by atoms with Gasteiger partial charge in [0.15, 0.2) is 0 Å².